The molecule has 0 bridgehead atoms. The van der Waals surface area contributed by atoms with E-state index in [4.69, 9.17) is 14.2 Å². The lowest BCUT2D eigenvalue weighted by Gasteiger charge is -2.38. The number of rotatable bonds is 6. The molecule has 0 aromatic heterocycles. The van der Waals surface area contributed by atoms with E-state index in [1.807, 2.05) is 24.3 Å². The standard InChI is InChI=1S/C22H25NO3/c1-2-11-23-12-10-20(17-6-4-3-5-7-17)18(14-23)15-24-19-8-9-21-22(13-19)26-16-25-21/h2-9,13,18,20H,1,10-12,14-16H2. The van der Waals surface area contributed by atoms with E-state index in [0.717, 1.165) is 43.3 Å². The fraction of sp³-hybridized carbons (Fsp3) is 0.364. The van der Waals surface area contributed by atoms with Crippen molar-refractivity contribution >= 4 is 0 Å². The molecule has 0 spiro atoms. The second-order valence-corrected chi connectivity index (χ2v) is 6.94. The van der Waals surface area contributed by atoms with Crippen LogP contribution in [-0.2, 0) is 0 Å². The van der Waals surface area contributed by atoms with Crippen LogP contribution >= 0.6 is 0 Å². The Kier molecular flexibility index (Phi) is 5.12. The zero-order chi connectivity index (χ0) is 17.8. The van der Waals surface area contributed by atoms with E-state index in [1.165, 1.54) is 5.56 Å². The van der Waals surface area contributed by atoms with Crippen LogP contribution in [0.2, 0.25) is 0 Å². The van der Waals surface area contributed by atoms with Gasteiger partial charge >= 0.3 is 0 Å². The fourth-order valence-electron chi connectivity index (χ4n) is 3.93. The van der Waals surface area contributed by atoms with Crippen LogP contribution < -0.4 is 14.2 Å². The smallest absolute Gasteiger partial charge is 0.231 e. The third-order valence-corrected chi connectivity index (χ3v) is 5.24. The minimum atomic E-state index is 0.286. The molecule has 0 aliphatic carbocycles. The topological polar surface area (TPSA) is 30.9 Å². The molecule has 2 heterocycles. The normalized spacial score (nSPS) is 22.2. The third-order valence-electron chi connectivity index (χ3n) is 5.24. The highest BCUT2D eigenvalue weighted by molar-refractivity contribution is 5.46. The SMILES string of the molecule is C=CCN1CCC(c2ccccc2)C(COc2ccc3c(c2)OCO3)C1. The second kappa shape index (κ2) is 7.83. The maximum absolute atomic E-state index is 6.16. The Morgan fingerprint density at radius 2 is 1.96 bits per heavy atom. The molecule has 0 saturated carbocycles. The van der Waals surface area contributed by atoms with Gasteiger partial charge in [0.05, 0.1) is 6.61 Å². The molecule has 2 aliphatic heterocycles. The highest BCUT2D eigenvalue weighted by Gasteiger charge is 2.30. The van der Waals surface area contributed by atoms with Gasteiger partial charge in [-0.1, -0.05) is 36.4 Å². The lowest BCUT2D eigenvalue weighted by atomic mass is 9.81. The lowest BCUT2D eigenvalue weighted by Crippen LogP contribution is -2.41. The molecule has 4 nitrogen and oxygen atoms in total. The van der Waals surface area contributed by atoms with E-state index < -0.39 is 0 Å². The molecule has 1 saturated heterocycles. The molecule has 1 fully saturated rings. The lowest BCUT2D eigenvalue weighted by molar-refractivity contribution is 0.119. The van der Waals surface area contributed by atoms with Gasteiger partial charge in [-0.15, -0.1) is 6.58 Å². The molecule has 2 aliphatic rings. The van der Waals surface area contributed by atoms with Crippen molar-refractivity contribution < 1.29 is 14.2 Å². The molecule has 4 heteroatoms. The van der Waals surface area contributed by atoms with E-state index in [2.05, 4.69) is 41.8 Å². The van der Waals surface area contributed by atoms with Crippen molar-refractivity contribution in [3.8, 4) is 17.2 Å². The van der Waals surface area contributed by atoms with Gasteiger partial charge in [-0.05, 0) is 36.6 Å². The van der Waals surface area contributed by atoms with Crippen LogP contribution in [0.3, 0.4) is 0 Å². The van der Waals surface area contributed by atoms with Crippen LogP contribution in [0.5, 0.6) is 17.2 Å². The van der Waals surface area contributed by atoms with Gasteiger partial charge < -0.3 is 14.2 Å². The van der Waals surface area contributed by atoms with Gasteiger partial charge in [-0.25, -0.2) is 0 Å². The molecule has 2 aromatic rings. The molecule has 136 valence electrons. The number of nitrogens with zero attached hydrogens (tertiary/aromatic N) is 1. The monoisotopic (exact) mass is 351 g/mol. The van der Waals surface area contributed by atoms with Crippen LogP contribution in [-0.4, -0.2) is 37.9 Å². The average molecular weight is 351 g/mol. The summed E-state index contributed by atoms with van der Waals surface area (Å²) in [5.74, 6) is 3.35. The van der Waals surface area contributed by atoms with Crippen molar-refractivity contribution in [2.45, 2.75) is 12.3 Å². The molecule has 0 amide bonds. The van der Waals surface area contributed by atoms with Crippen LogP contribution in [0.4, 0.5) is 0 Å². The summed E-state index contributed by atoms with van der Waals surface area (Å²) >= 11 is 0. The minimum absolute atomic E-state index is 0.286. The highest BCUT2D eigenvalue weighted by atomic mass is 16.7. The van der Waals surface area contributed by atoms with Gasteiger partial charge in [0, 0.05) is 25.1 Å². The van der Waals surface area contributed by atoms with Gasteiger partial charge in [0.2, 0.25) is 6.79 Å². The van der Waals surface area contributed by atoms with Gasteiger partial charge in [-0.3, -0.25) is 4.90 Å². The summed E-state index contributed by atoms with van der Waals surface area (Å²) in [5.41, 5.74) is 1.41. The Bertz CT molecular complexity index is 746. The number of hydrogen-bond acceptors (Lipinski definition) is 4. The van der Waals surface area contributed by atoms with Crippen molar-refractivity contribution in [1.29, 1.82) is 0 Å². The van der Waals surface area contributed by atoms with Crippen molar-refractivity contribution in [3.05, 3.63) is 66.7 Å². The van der Waals surface area contributed by atoms with E-state index >= 15 is 0 Å². The van der Waals surface area contributed by atoms with Crippen molar-refractivity contribution in [3.63, 3.8) is 0 Å². The average Bonchev–Trinajstić information content (AvgIpc) is 3.15. The summed E-state index contributed by atoms with van der Waals surface area (Å²) in [6, 6.07) is 16.6. The number of hydrogen-bond donors (Lipinski definition) is 0. The summed E-state index contributed by atoms with van der Waals surface area (Å²) in [5, 5.41) is 0. The molecule has 26 heavy (non-hydrogen) atoms. The summed E-state index contributed by atoms with van der Waals surface area (Å²) in [7, 11) is 0. The van der Waals surface area contributed by atoms with E-state index in [9.17, 15) is 0 Å². The molecule has 2 atom stereocenters. The van der Waals surface area contributed by atoms with Gasteiger partial charge in [0.25, 0.3) is 0 Å². The third kappa shape index (κ3) is 3.70. The predicted molar refractivity (Wildman–Crippen MR) is 102 cm³/mol. The summed E-state index contributed by atoms with van der Waals surface area (Å²) in [4.78, 5) is 2.46. The second-order valence-electron chi connectivity index (χ2n) is 6.94. The first-order valence-electron chi connectivity index (χ1n) is 9.24. The first kappa shape index (κ1) is 17.0. The zero-order valence-corrected chi connectivity index (χ0v) is 15.0. The van der Waals surface area contributed by atoms with E-state index in [-0.39, 0.29) is 6.79 Å². The Morgan fingerprint density at radius 3 is 2.81 bits per heavy atom. The Balaban J connectivity index is 1.47. The van der Waals surface area contributed by atoms with Gasteiger partial charge in [0.1, 0.15) is 5.75 Å². The number of ether oxygens (including phenoxy) is 3. The largest absolute Gasteiger partial charge is 0.493 e. The maximum atomic E-state index is 6.16. The molecule has 2 unspecified atom stereocenters. The first-order valence-corrected chi connectivity index (χ1v) is 9.24. The number of piperidine rings is 1. The molecular weight excluding hydrogens is 326 g/mol. The van der Waals surface area contributed by atoms with Crippen molar-refractivity contribution in [1.82, 2.24) is 4.90 Å². The van der Waals surface area contributed by atoms with Crippen LogP contribution in [0.1, 0.15) is 17.9 Å². The molecule has 4 rings (SSSR count). The number of fused-ring (bicyclic) bond motifs is 1. The van der Waals surface area contributed by atoms with Crippen molar-refractivity contribution in [2.24, 2.45) is 5.92 Å². The van der Waals surface area contributed by atoms with Gasteiger partial charge in [0.15, 0.2) is 11.5 Å². The molecular formula is C22H25NO3. The number of likely N-dealkylation sites (tertiary alicyclic amines) is 1. The Labute approximate surface area is 155 Å². The molecule has 0 radical (unpaired) electrons. The van der Waals surface area contributed by atoms with E-state index in [0.29, 0.717) is 18.4 Å². The quantitative estimate of drug-likeness (QED) is 0.734. The Hall–Kier alpha value is -2.46. The molecule has 2 aromatic carbocycles. The Morgan fingerprint density at radius 1 is 1.12 bits per heavy atom. The maximum Gasteiger partial charge on any atom is 0.231 e. The van der Waals surface area contributed by atoms with Crippen LogP contribution in [0, 0.1) is 5.92 Å². The van der Waals surface area contributed by atoms with Crippen LogP contribution in [0.15, 0.2) is 61.2 Å². The summed E-state index contributed by atoms with van der Waals surface area (Å²) in [6.45, 7) is 7.92. The summed E-state index contributed by atoms with van der Waals surface area (Å²) < 4.78 is 17.0. The zero-order valence-electron chi connectivity index (χ0n) is 15.0. The number of benzene rings is 2. The predicted octanol–water partition coefficient (Wildman–Crippen LogP) is 4.09. The van der Waals surface area contributed by atoms with Gasteiger partial charge in [-0.2, -0.15) is 0 Å². The minimum Gasteiger partial charge on any atom is -0.493 e. The van der Waals surface area contributed by atoms with Crippen LogP contribution in [0.25, 0.3) is 0 Å². The summed E-state index contributed by atoms with van der Waals surface area (Å²) in [6.07, 6.45) is 3.13. The molecule has 0 N–H and O–H groups in total. The van der Waals surface area contributed by atoms with Crippen molar-refractivity contribution in [2.75, 3.05) is 33.0 Å². The first-order chi connectivity index (χ1) is 12.8. The fourth-order valence-corrected chi connectivity index (χ4v) is 3.93. The highest BCUT2D eigenvalue weighted by Crippen LogP contribution is 2.37. The van der Waals surface area contributed by atoms with E-state index in [1.54, 1.807) is 0 Å².